The zero-order chi connectivity index (χ0) is 15.2. The van der Waals surface area contributed by atoms with Crippen LogP contribution in [0.5, 0.6) is 11.6 Å². The molecule has 0 atom stereocenters. The number of ether oxygens (including phenoxy) is 2. The van der Waals surface area contributed by atoms with E-state index in [9.17, 15) is 4.79 Å². The van der Waals surface area contributed by atoms with Gasteiger partial charge in [-0.25, -0.2) is 9.78 Å². The molecule has 0 radical (unpaired) electrons. The maximum Gasteiger partial charge on any atom is 0.338 e. The van der Waals surface area contributed by atoms with E-state index in [0.29, 0.717) is 23.5 Å². The Hall–Kier alpha value is -2.87. The number of rotatable bonds is 4. The number of benzene rings is 1. The second-order valence-corrected chi connectivity index (χ2v) is 4.27. The Morgan fingerprint density at radius 1 is 1.29 bits per heavy atom. The van der Waals surface area contributed by atoms with Gasteiger partial charge in [-0.1, -0.05) is 0 Å². The number of hydrogen-bond donors (Lipinski definition) is 0. The van der Waals surface area contributed by atoms with Crippen LogP contribution in [0.15, 0.2) is 36.5 Å². The highest BCUT2D eigenvalue weighted by atomic mass is 16.5. The van der Waals surface area contributed by atoms with Gasteiger partial charge in [0.15, 0.2) is 0 Å². The summed E-state index contributed by atoms with van der Waals surface area (Å²) < 4.78 is 10.5. The number of aromatic nitrogens is 1. The molecule has 0 aliphatic carbocycles. The normalized spacial score (nSPS) is 9.76. The molecule has 0 spiro atoms. The zero-order valence-electron chi connectivity index (χ0n) is 11.8. The van der Waals surface area contributed by atoms with E-state index in [-0.39, 0.29) is 11.8 Å². The summed E-state index contributed by atoms with van der Waals surface area (Å²) in [4.78, 5) is 15.6. The van der Waals surface area contributed by atoms with Crippen molar-refractivity contribution in [2.75, 3.05) is 6.61 Å². The lowest BCUT2D eigenvalue weighted by molar-refractivity contribution is 0.0526. The number of nitriles is 1. The topological polar surface area (TPSA) is 72.2 Å². The van der Waals surface area contributed by atoms with Gasteiger partial charge in [0.25, 0.3) is 0 Å². The molecule has 0 N–H and O–H groups in total. The fourth-order valence-electron chi connectivity index (χ4n) is 1.73. The Balaban J connectivity index is 2.20. The van der Waals surface area contributed by atoms with Crippen molar-refractivity contribution in [3.05, 3.63) is 53.2 Å². The summed E-state index contributed by atoms with van der Waals surface area (Å²) >= 11 is 0. The van der Waals surface area contributed by atoms with Crippen LogP contribution in [0.25, 0.3) is 0 Å². The Labute approximate surface area is 122 Å². The first-order valence-corrected chi connectivity index (χ1v) is 6.46. The molecule has 0 unspecified atom stereocenters. The quantitative estimate of drug-likeness (QED) is 0.805. The van der Waals surface area contributed by atoms with Crippen LogP contribution in [0.3, 0.4) is 0 Å². The first-order chi connectivity index (χ1) is 10.2. The smallest absolute Gasteiger partial charge is 0.338 e. The van der Waals surface area contributed by atoms with E-state index < -0.39 is 0 Å². The van der Waals surface area contributed by atoms with Gasteiger partial charge in [0.1, 0.15) is 17.4 Å². The van der Waals surface area contributed by atoms with E-state index in [1.807, 2.05) is 6.92 Å². The van der Waals surface area contributed by atoms with Gasteiger partial charge < -0.3 is 9.47 Å². The number of aryl methyl sites for hydroxylation is 1. The molecule has 0 aliphatic rings. The molecule has 0 saturated heterocycles. The predicted molar refractivity (Wildman–Crippen MR) is 76.2 cm³/mol. The van der Waals surface area contributed by atoms with E-state index in [0.717, 1.165) is 5.56 Å². The van der Waals surface area contributed by atoms with Gasteiger partial charge in [-0.15, -0.1) is 0 Å². The highest BCUT2D eigenvalue weighted by Gasteiger charge is 2.10. The summed E-state index contributed by atoms with van der Waals surface area (Å²) in [6, 6.07) is 10.3. The molecule has 0 aliphatic heterocycles. The molecule has 1 aromatic heterocycles. The molecule has 5 nitrogen and oxygen atoms in total. The number of pyridine rings is 1. The Kier molecular flexibility index (Phi) is 4.52. The van der Waals surface area contributed by atoms with E-state index in [1.54, 1.807) is 43.5 Å². The van der Waals surface area contributed by atoms with Crippen molar-refractivity contribution in [3.8, 4) is 17.7 Å². The minimum Gasteiger partial charge on any atom is -0.462 e. The zero-order valence-corrected chi connectivity index (χ0v) is 11.8. The maximum absolute atomic E-state index is 11.5. The predicted octanol–water partition coefficient (Wildman–Crippen LogP) is 3.23. The number of hydrogen-bond acceptors (Lipinski definition) is 5. The lowest BCUT2D eigenvalue weighted by Gasteiger charge is -2.08. The maximum atomic E-state index is 11.5. The van der Waals surface area contributed by atoms with Crippen molar-refractivity contribution in [1.82, 2.24) is 4.98 Å². The molecule has 0 fully saturated rings. The number of carbonyl (C=O) groups is 1. The molecule has 1 heterocycles. The van der Waals surface area contributed by atoms with Crippen LogP contribution in [0.4, 0.5) is 0 Å². The summed E-state index contributed by atoms with van der Waals surface area (Å²) in [5.41, 5.74) is 1.64. The number of carbonyl (C=O) groups excluding carboxylic acids is 1. The van der Waals surface area contributed by atoms with Gasteiger partial charge in [0.2, 0.25) is 5.88 Å². The summed E-state index contributed by atoms with van der Waals surface area (Å²) in [5.74, 6) is 0.370. The highest BCUT2D eigenvalue weighted by Crippen LogP contribution is 2.24. The van der Waals surface area contributed by atoms with Crippen LogP contribution in [0.1, 0.15) is 28.4 Å². The summed E-state index contributed by atoms with van der Waals surface area (Å²) in [6.45, 7) is 3.90. The second-order valence-electron chi connectivity index (χ2n) is 4.27. The Morgan fingerprint density at radius 2 is 2.00 bits per heavy atom. The molecule has 2 rings (SSSR count). The molecule has 5 heteroatoms. The summed E-state index contributed by atoms with van der Waals surface area (Å²) in [6.07, 6.45) is 1.58. The van der Waals surface area contributed by atoms with Gasteiger partial charge in [0.05, 0.1) is 12.2 Å². The first kappa shape index (κ1) is 14.5. The minimum atomic E-state index is -0.379. The number of nitrogens with zero attached hydrogens (tertiary/aromatic N) is 2. The van der Waals surface area contributed by atoms with E-state index in [1.165, 1.54) is 0 Å². The van der Waals surface area contributed by atoms with Crippen LogP contribution in [-0.2, 0) is 4.74 Å². The molecule has 0 amide bonds. The largest absolute Gasteiger partial charge is 0.462 e. The van der Waals surface area contributed by atoms with Crippen LogP contribution < -0.4 is 4.74 Å². The van der Waals surface area contributed by atoms with Crippen LogP contribution in [-0.4, -0.2) is 17.6 Å². The molecule has 2 aromatic rings. The molecule has 106 valence electrons. The van der Waals surface area contributed by atoms with Gasteiger partial charge in [-0.3, -0.25) is 0 Å². The van der Waals surface area contributed by atoms with Crippen molar-refractivity contribution < 1.29 is 14.3 Å². The second kappa shape index (κ2) is 6.53. The van der Waals surface area contributed by atoms with Crippen LogP contribution in [0.2, 0.25) is 0 Å². The lowest BCUT2D eigenvalue weighted by Crippen LogP contribution is -2.04. The first-order valence-electron chi connectivity index (χ1n) is 6.46. The van der Waals surface area contributed by atoms with Crippen LogP contribution >= 0.6 is 0 Å². The monoisotopic (exact) mass is 282 g/mol. The molecule has 0 bridgehead atoms. The van der Waals surface area contributed by atoms with E-state index >= 15 is 0 Å². The SMILES string of the molecule is CCOC(=O)c1ccc(Oc2nccc(C)c2C#N)cc1. The van der Waals surface area contributed by atoms with Gasteiger partial charge >= 0.3 is 5.97 Å². The van der Waals surface area contributed by atoms with Gasteiger partial charge in [-0.05, 0) is 49.7 Å². The third kappa shape index (κ3) is 3.37. The molecular formula is C16H14N2O3. The Bertz CT molecular complexity index is 688. The van der Waals surface area contributed by atoms with Crippen molar-refractivity contribution in [2.45, 2.75) is 13.8 Å². The summed E-state index contributed by atoms with van der Waals surface area (Å²) in [5, 5.41) is 9.12. The van der Waals surface area contributed by atoms with Crippen molar-refractivity contribution in [1.29, 1.82) is 5.26 Å². The standard InChI is InChI=1S/C16H14N2O3/c1-3-20-16(19)12-4-6-13(7-5-12)21-15-14(10-17)11(2)8-9-18-15/h4-9H,3H2,1-2H3. The molecular weight excluding hydrogens is 268 g/mol. The Morgan fingerprint density at radius 3 is 2.62 bits per heavy atom. The van der Waals surface area contributed by atoms with Crippen molar-refractivity contribution in [2.24, 2.45) is 0 Å². The third-order valence-electron chi connectivity index (χ3n) is 2.82. The van der Waals surface area contributed by atoms with Crippen molar-refractivity contribution in [3.63, 3.8) is 0 Å². The summed E-state index contributed by atoms with van der Waals surface area (Å²) in [7, 11) is 0. The lowest BCUT2D eigenvalue weighted by atomic mass is 10.2. The fraction of sp³-hybridized carbons (Fsp3) is 0.188. The molecule has 21 heavy (non-hydrogen) atoms. The van der Waals surface area contributed by atoms with Gasteiger partial charge in [0, 0.05) is 6.20 Å². The van der Waals surface area contributed by atoms with Crippen LogP contribution in [0, 0.1) is 18.3 Å². The van der Waals surface area contributed by atoms with Gasteiger partial charge in [-0.2, -0.15) is 5.26 Å². The molecule has 1 aromatic carbocycles. The fourth-order valence-corrected chi connectivity index (χ4v) is 1.73. The van der Waals surface area contributed by atoms with E-state index in [4.69, 9.17) is 14.7 Å². The third-order valence-corrected chi connectivity index (χ3v) is 2.82. The average molecular weight is 282 g/mol. The number of esters is 1. The minimum absolute atomic E-state index is 0.251. The van der Waals surface area contributed by atoms with E-state index in [2.05, 4.69) is 11.1 Å². The molecule has 0 saturated carbocycles. The average Bonchev–Trinajstić information content (AvgIpc) is 2.48. The van der Waals surface area contributed by atoms with Crippen molar-refractivity contribution >= 4 is 5.97 Å². The highest BCUT2D eigenvalue weighted by molar-refractivity contribution is 5.89.